The van der Waals surface area contributed by atoms with Crippen LogP contribution in [-0.4, -0.2) is 28.4 Å². The number of nitrogens with two attached hydrogens (primary N) is 1. The van der Waals surface area contributed by atoms with Crippen LogP contribution in [0.5, 0.6) is 0 Å². The van der Waals surface area contributed by atoms with Gasteiger partial charge in [-0.05, 0) is 32.1 Å². The van der Waals surface area contributed by atoms with E-state index in [0.717, 1.165) is 19.3 Å². The Morgan fingerprint density at radius 2 is 2.22 bits per heavy atom. The molecule has 0 atom stereocenters. The van der Waals surface area contributed by atoms with E-state index in [2.05, 4.69) is 6.08 Å². The van der Waals surface area contributed by atoms with Gasteiger partial charge in [-0.2, -0.15) is 0 Å². The molecule has 2 aliphatic rings. The van der Waals surface area contributed by atoms with E-state index in [4.69, 9.17) is 10.8 Å². The van der Waals surface area contributed by atoms with E-state index < -0.39 is 5.97 Å². The Balaban J connectivity index is 1.98. The van der Waals surface area contributed by atoms with E-state index in [9.17, 15) is 9.59 Å². The summed E-state index contributed by atoms with van der Waals surface area (Å²) in [5.74, 6) is -1.19. The Morgan fingerprint density at radius 3 is 2.78 bits per heavy atom. The van der Waals surface area contributed by atoms with Crippen LogP contribution in [-0.2, 0) is 9.59 Å². The first-order valence-electron chi connectivity index (χ1n) is 6.30. The Hall–Kier alpha value is -1.78. The van der Waals surface area contributed by atoms with Crippen molar-refractivity contribution < 1.29 is 14.7 Å². The van der Waals surface area contributed by atoms with Gasteiger partial charge in [0.2, 0.25) is 5.91 Å². The van der Waals surface area contributed by atoms with Crippen LogP contribution in [0.4, 0.5) is 0 Å². The number of carbonyl (C=O) groups excluding carboxylic acids is 1. The molecule has 1 aliphatic heterocycles. The first kappa shape index (κ1) is 12.7. The summed E-state index contributed by atoms with van der Waals surface area (Å²) < 4.78 is 0. The molecule has 0 saturated carbocycles. The SMILES string of the molecule is NC1=C(C(=O)O)CC(=O)N1CCC1=CCCCC1. The van der Waals surface area contributed by atoms with Crippen molar-refractivity contribution in [2.24, 2.45) is 5.73 Å². The zero-order valence-electron chi connectivity index (χ0n) is 10.3. The Morgan fingerprint density at radius 1 is 1.44 bits per heavy atom. The highest BCUT2D eigenvalue weighted by molar-refractivity contribution is 5.99. The van der Waals surface area contributed by atoms with Gasteiger partial charge in [0.1, 0.15) is 5.82 Å². The lowest BCUT2D eigenvalue weighted by Crippen LogP contribution is -2.30. The first-order chi connectivity index (χ1) is 8.59. The molecule has 0 fully saturated rings. The second-order valence-electron chi connectivity index (χ2n) is 4.75. The molecule has 0 bridgehead atoms. The molecule has 5 heteroatoms. The van der Waals surface area contributed by atoms with Gasteiger partial charge in [-0.25, -0.2) is 4.79 Å². The monoisotopic (exact) mass is 250 g/mol. The van der Waals surface area contributed by atoms with E-state index >= 15 is 0 Å². The fourth-order valence-electron chi connectivity index (χ4n) is 2.45. The van der Waals surface area contributed by atoms with Gasteiger partial charge in [-0.1, -0.05) is 11.6 Å². The third kappa shape index (κ3) is 2.55. The van der Waals surface area contributed by atoms with Gasteiger partial charge < -0.3 is 10.8 Å². The third-order valence-electron chi connectivity index (χ3n) is 3.53. The van der Waals surface area contributed by atoms with Gasteiger partial charge in [0.15, 0.2) is 0 Å². The molecular formula is C13H18N2O3. The third-order valence-corrected chi connectivity index (χ3v) is 3.53. The molecule has 0 saturated heterocycles. The van der Waals surface area contributed by atoms with Crippen molar-refractivity contribution in [2.45, 2.75) is 38.5 Å². The molecule has 2 rings (SSSR count). The van der Waals surface area contributed by atoms with Crippen LogP contribution in [0.3, 0.4) is 0 Å². The molecule has 18 heavy (non-hydrogen) atoms. The highest BCUT2D eigenvalue weighted by atomic mass is 16.4. The van der Waals surface area contributed by atoms with Crippen molar-refractivity contribution in [1.82, 2.24) is 4.90 Å². The summed E-state index contributed by atoms with van der Waals surface area (Å²) in [6.07, 6.45) is 7.55. The van der Waals surface area contributed by atoms with Crippen LogP contribution in [0.2, 0.25) is 0 Å². The van der Waals surface area contributed by atoms with Crippen molar-refractivity contribution in [3.05, 3.63) is 23.0 Å². The molecule has 0 aromatic carbocycles. The maximum absolute atomic E-state index is 11.7. The van der Waals surface area contributed by atoms with Crippen molar-refractivity contribution in [3.63, 3.8) is 0 Å². The van der Waals surface area contributed by atoms with Gasteiger partial charge >= 0.3 is 5.97 Å². The molecule has 0 aromatic rings. The molecule has 0 aromatic heterocycles. The van der Waals surface area contributed by atoms with Crippen molar-refractivity contribution in [3.8, 4) is 0 Å². The van der Waals surface area contributed by atoms with Crippen LogP contribution in [0.15, 0.2) is 23.0 Å². The molecule has 1 amide bonds. The van der Waals surface area contributed by atoms with Crippen LogP contribution in [0.25, 0.3) is 0 Å². The number of amides is 1. The van der Waals surface area contributed by atoms with Gasteiger partial charge in [-0.3, -0.25) is 9.69 Å². The fourth-order valence-corrected chi connectivity index (χ4v) is 2.45. The second-order valence-corrected chi connectivity index (χ2v) is 4.75. The lowest BCUT2D eigenvalue weighted by molar-refractivity contribution is -0.134. The molecule has 98 valence electrons. The fraction of sp³-hybridized carbons (Fsp3) is 0.538. The Bertz CT molecular complexity index is 438. The van der Waals surface area contributed by atoms with Crippen LogP contribution in [0, 0.1) is 0 Å². The van der Waals surface area contributed by atoms with Gasteiger partial charge in [0, 0.05) is 6.54 Å². The zero-order valence-corrected chi connectivity index (χ0v) is 10.3. The van der Waals surface area contributed by atoms with Crippen molar-refractivity contribution >= 4 is 11.9 Å². The van der Waals surface area contributed by atoms with Gasteiger partial charge in [0.05, 0.1) is 12.0 Å². The summed E-state index contributed by atoms with van der Waals surface area (Å²) in [5, 5.41) is 8.91. The Kier molecular flexibility index (Phi) is 3.69. The number of carbonyl (C=O) groups is 2. The van der Waals surface area contributed by atoms with E-state index in [1.165, 1.54) is 23.3 Å². The molecule has 0 radical (unpaired) electrons. The minimum atomic E-state index is -1.10. The minimum absolute atomic E-state index is 0.0256. The summed E-state index contributed by atoms with van der Waals surface area (Å²) in [6, 6.07) is 0. The zero-order chi connectivity index (χ0) is 13.1. The average molecular weight is 250 g/mol. The molecule has 0 spiro atoms. The maximum atomic E-state index is 11.7. The number of hydrogen-bond acceptors (Lipinski definition) is 3. The average Bonchev–Trinajstić information content (AvgIpc) is 2.64. The number of hydrogen-bond donors (Lipinski definition) is 2. The first-order valence-corrected chi connectivity index (χ1v) is 6.30. The second kappa shape index (κ2) is 5.25. The number of carboxylic acids is 1. The number of allylic oxidation sites excluding steroid dienone is 1. The number of carboxylic acid groups (broad SMARTS) is 1. The minimum Gasteiger partial charge on any atom is -0.478 e. The van der Waals surface area contributed by atoms with E-state index in [1.54, 1.807) is 0 Å². The van der Waals surface area contributed by atoms with Crippen LogP contribution < -0.4 is 5.73 Å². The summed E-state index contributed by atoms with van der Waals surface area (Å²) in [7, 11) is 0. The number of rotatable bonds is 4. The lowest BCUT2D eigenvalue weighted by atomic mass is 9.97. The lowest BCUT2D eigenvalue weighted by Gasteiger charge is -2.19. The van der Waals surface area contributed by atoms with E-state index in [0.29, 0.717) is 6.54 Å². The van der Waals surface area contributed by atoms with Gasteiger partial charge in [-0.15, -0.1) is 0 Å². The highest BCUT2D eigenvalue weighted by Crippen LogP contribution is 2.24. The summed E-state index contributed by atoms with van der Waals surface area (Å²) in [5.41, 5.74) is 7.09. The molecule has 1 heterocycles. The van der Waals surface area contributed by atoms with Crippen LogP contribution >= 0.6 is 0 Å². The number of aliphatic carboxylic acids is 1. The smallest absolute Gasteiger partial charge is 0.335 e. The number of nitrogens with zero attached hydrogens (tertiary/aromatic N) is 1. The molecule has 1 aliphatic carbocycles. The van der Waals surface area contributed by atoms with E-state index in [1.807, 2.05) is 0 Å². The predicted octanol–water partition coefficient (Wildman–Crippen LogP) is 1.36. The normalized spacial score (nSPS) is 20.3. The summed E-state index contributed by atoms with van der Waals surface area (Å²) >= 11 is 0. The molecular weight excluding hydrogens is 232 g/mol. The molecule has 0 unspecified atom stereocenters. The highest BCUT2D eigenvalue weighted by Gasteiger charge is 2.31. The topological polar surface area (TPSA) is 83.6 Å². The van der Waals surface area contributed by atoms with Crippen molar-refractivity contribution in [2.75, 3.05) is 6.54 Å². The molecule has 5 nitrogen and oxygen atoms in total. The predicted molar refractivity (Wildman–Crippen MR) is 66.3 cm³/mol. The largest absolute Gasteiger partial charge is 0.478 e. The quantitative estimate of drug-likeness (QED) is 0.738. The van der Waals surface area contributed by atoms with Crippen molar-refractivity contribution in [1.29, 1.82) is 0 Å². The van der Waals surface area contributed by atoms with Crippen LogP contribution in [0.1, 0.15) is 38.5 Å². The standard InChI is InChI=1S/C13H18N2O3/c14-12-10(13(17)18)8-11(16)15(12)7-6-9-4-2-1-3-5-9/h4H,1-3,5-8,14H2,(H,17,18). The van der Waals surface area contributed by atoms with Gasteiger partial charge in [0.25, 0.3) is 0 Å². The molecule has 3 N–H and O–H groups in total. The maximum Gasteiger partial charge on any atom is 0.335 e. The van der Waals surface area contributed by atoms with E-state index in [-0.39, 0.29) is 23.7 Å². The Labute approximate surface area is 106 Å². The summed E-state index contributed by atoms with van der Waals surface area (Å²) in [6.45, 7) is 0.493. The summed E-state index contributed by atoms with van der Waals surface area (Å²) in [4.78, 5) is 24.0.